The molecule has 0 unspecified atom stereocenters. The topological polar surface area (TPSA) is 45.9 Å². The van der Waals surface area contributed by atoms with E-state index in [2.05, 4.69) is 29.2 Å². The van der Waals surface area contributed by atoms with Gasteiger partial charge >= 0.3 is 0 Å². The van der Waals surface area contributed by atoms with Gasteiger partial charge in [-0.2, -0.15) is 0 Å². The van der Waals surface area contributed by atoms with E-state index in [1.54, 1.807) is 19.3 Å². The van der Waals surface area contributed by atoms with Crippen LogP contribution in [0.15, 0.2) is 65.1 Å². The molecule has 1 saturated heterocycles. The second-order valence-corrected chi connectivity index (χ2v) is 6.97. The molecule has 1 fully saturated rings. The number of amides is 1. The standard InChI is InChI=1S/C23H24N2O3/c1-27-20-8-7-19-15-21(28-22(19)16-20)9-10-23(26)25-13-11-24(12-14-25)17-18-5-3-2-4-6-18/h2-10,15-16H,11-14,17H2,1H3/b10-9+. The van der Waals surface area contributed by atoms with Crippen molar-refractivity contribution in [2.45, 2.75) is 6.54 Å². The van der Waals surface area contributed by atoms with Crippen LogP contribution in [-0.2, 0) is 11.3 Å². The quantitative estimate of drug-likeness (QED) is 0.636. The highest BCUT2D eigenvalue weighted by molar-refractivity contribution is 5.92. The minimum Gasteiger partial charge on any atom is -0.497 e. The minimum absolute atomic E-state index is 0.0254. The van der Waals surface area contributed by atoms with Gasteiger partial charge in [-0.3, -0.25) is 9.69 Å². The molecule has 1 aromatic heterocycles. The molecule has 28 heavy (non-hydrogen) atoms. The van der Waals surface area contributed by atoms with Gasteiger partial charge in [-0.1, -0.05) is 30.3 Å². The lowest BCUT2D eigenvalue weighted by Gasteiger charge is -2.34. The summed E-state index contributed by atoms with van der Waals surface area (Å²) in [6.45, 7) is 4.19. The van der Waals surface area contributed by atoms with Gasteiger partial charge in [-0.05, 0) is 29.8 Å². The number of hydrogen-bond donors (Lipinski definition) is 0. The van der Waals surface area contributed by atoms with Crippen LogP contribution in [0, 0.1) is 0 Å². The maximum absolute atomic E-state index is 12.5. The van der Waals surface area contributed by atoms with E-state index in [0.29, 0.717) is 5.76 Å². The Kier molecular flexibility index (Phi) is 5.44. The van der Waals surface area contributed by atoms with Gasteiger partial charge in [-0.25, -0.2) is 0 Å². The number of fused-ring (bicyclic) bond motifs is 1. The van der Waals surface area contributed by atoms with Crippen molar-refractivity contribution < 1.29 is 13.9 Å². The van der Waals surface area contributed by atoms with Crippen LogP contribution in [0.5, 0.6) is 5.75 Å². The predicted octanol–water partition coefficient (Wildman–Crippen LogP) is 3.80. The summed E-state index contributed by atoms with van der Waals surface area (Å²) >= 11 is 0. The minimum atomic E-state index is 0.0254. The van der Waals surface area contributed by atoms with E-state index in [0.717, 1.165) is 49.4 Å². The van der Waals surface area contributed by atoms with Gasteiger partial charge in [0, 0.05) is 50.3 Å². The molecule has 1 aliphatic heterocycles. The third kappa shape index (κ3) is 4.26. The van der Waals surface area contributed by atoms with Crippen molar-refractivity contribution in [3.63, 3.8) is 0 Å². The van der Waals surface area contributed by atoms with E-state index in [9.17, 15) is 4.79 Å². The van der Waals surface area contributed by atoms with Crippen molar-refractivity contribution in [2.75, 3.05) is 33.3 Å². The molecule has 2 heterocycles. The lowest BCUT2D eigenvalue weighted by molar-refractivity contribution is -0.127. The summed E-state index contributed by atoms with van der Waals surface area (Å²) in [7, 11) is 1.63. The number of rotatable bonds is 5. The van der Waals surface area contributed by atoms with Gasteiger partial charge in [0.15, 0.2) is 0 Å². The van der Waals surface area contributed by atoms with Gasteiger partial charge < -0.3 is 14.1 Å². The van der Waals surface area contributed by atoms with Crippen LogP contribution in [0.25, 0.3) is 17.0 Å². The van der Waals surface area contributed by atoms with Gasteiger partial charge in [0.2, 0.25) is 5.91 Å². The number of carbonyl (C=O) groups is 1. The summed E-state index contributed by atoms with van der Waals surface area (Å²) < 4.78 is 11.0. The number of benzene rings is 2. The van der Waals surface area contributed by atoms with Crippen molar-refractivity contribution in [3.05, 3.63) is 72.0 Å². The first-order chi connectivity index (χ1) is 13.7. The zero-order valence-electron chi connectivity index (χ0n) is 16.0. The van der Waals surface area contributed by atoms with E-state index in [1.807, 2.05) is 35.2 Å². The lowest BCUT2D eigenvalue weighted by Crippen LogP contribution is -2.47. The molecule has 144 valence electrons. The van der Waals surface area contributed by atoms with Gasteiger partial charge in [0.1, 0.15) is 17.1 Å². The van der Waals surface area contributed by atoms with Crippen molar-refractivity contribution in [2.24, 2.45) is 0 Å². The van der Waals surface area contributed by atoms with Crippen LogP contribution in [0.1, 0.15) is 11.3 Å². The molecule has 0 spiro atoms. The maximum atomic E-state index is 12.5. The van der Waals surface area contributed by atoms with Crippen LogP contribution in [0.3, 0.4) is 0 Å². The Balaban J connectivity index is 1.33. The molecular weight excluding hydrogens is 352 g/mol. The SMILES string of the molecule is COc1ccc2cc(/C=C/C(=O)N3CCN(Cc4ccccc4)CC3)oc2c1. The Labute approximate surface area is 164 Å². The van der Waals surface area contributed by atoms with E-state index < -0.39 is 0 Å². The van der Waals surface area contributed by atoms with Crippen molar-refractivity contribution in [3.8, 4) is 5.75 Å². The molecule has 0 N–H and O–H groups in total. The number of hydrogen-bond acceptors (Lipinski definition) is 4. The Morgan fingerprint density at radius 1 is 1.07 bits per heavy atom. The molecule has 1 amide bonds. The molecule has 3 aromatic rings. The van der Waals surface area contributed by atoms with Crippen LogP contribution in [0.2, 0.25) is 0 Å². The summed E-state index contributed by atoms with van der Waals surface area (Å²) in [5, 5.41) is 0.988. The van der Waals surface area contributed by atoms with Crippen LogP contribution >= 0.6 is 0 Å². The first-order valence-corrected chi connectivity index (χ1v) is 9.52. The smallest absolute Gasteiger partial charge is 0.246 e. The highest BCUT2D eigenvalue weighted by Crippen LogP contribution is 2.24. The summed E-state index contributed by atoms with van der Waals surface area (Å²) in [5.41, 5.74) is 2.06. The highest BCUT2D eigenvalue weighted by Gasteiger charge is 2.19. The monoisotopic (exact) mass is 376 g/mol. The van der Waals surface area contributed by atoms with Gasteiger partial charge in [0.05, 0.1) is 7.11 Å². The molecule has 5 nitrogen and oxygen atoms in total. The zero-order chi connectivity index (χ0) is 19.3. The fourth-order valence-corrected chi connectivity index (χ4v) is 3.47. The number of nitrogens with zero attached hydrogens (tertiary/aromatic N) is 2. The Hall–Kier alpha value is -3.05. The van der Waals surface area contributed by atoms with Crippen LogP contribution < -0.4 is 4.74 Å². The second kappa shape index (κ2) is 8.31. The largest absolute Gasteiger partial charge is 0.497 e. The fourth-order valence-electron chi connectivity index (χ4n) is 3.47. The van der Waals surface area contributed by atoms with Crippen LogP contribution in [-0.4, -0.2) is 49.0 Å². The molecular formula is C23H24N2O3. The normalized spacial score (nSPS) is 15.4. The number of piperazine rings is 1. The first kappa shape index (κ1) is 18.3. The number of carbonyl (C=O) groups excluding carboxylic acids is 1. The molecule has 5 heteroatoms. The molecule has 0 aliphatic carbocycles. The Morgan fingerprint density at radius 3 is 2.61 bits per heavy atom. The summed E-state index contributed by atoms with van der Waals surface area (Å²) in [6.07, 6.45) is 3.34. The Bertz CT molecular complexity index is 970. The van der Waals surface area contributed by atoms with Gasteiger partial charge in [-0.15, -0.1) is 0 Å². The Morgan fingerprint density at radius 2 is 1.86 bits per heavy atom. The summed E-state index contributed by atoms with van der Waals surface area (Å²) in [4.78, 5) is 16.8. The van der Waals surface area contributed by atoms with Crippen LogP contribution in [0.4, 0.5) is 0 Å². The second-order valence-electron chi connectivity index (χ2n) is 6.97. The van der Waals surface area contributed by atoms with E-state index in [-0.39, 0.29) is 5.91 Å². The molecule has 0 atom stereocenters. The average Bonchev–Trinajstić information content (AvgIpc) is 3.15. The van der Waals surface area contributed by atoms with Gasteiger partial charge in [0.25, 0.3) is 0 Å². The zero-order valence-corrected chi connectivity index (χ0v) is 16.0. The van der Waals surface area contributed by atoms with Crippen molar-refractivity contribution >= 4 is 23.0 Å². The molecule has 1 aliphatic rings. The molecule has 4 rings (SSSR count). The third-order valence-corrected chi connectivity index (χ3v) is 5.07. The first-order valence-electron chi connectivity index (χ1n) is 9.52. The number of methoxy groups -OCH3 is 1. The molecule has 0 bridgehead atoms. The average molecular weight is 376 g/mol. The predicted molar refractivity (Wildman–Crippen MR) is 110 cm³/mol. The van der Waals surface area contributed by atoms with Crippen molar-refractivity contribution in [1.29, 1.82) is 0 Å². The summed E-state index contributed by atoms with van der Waals surface area (Å²) in [5.74, 6) is 1.44. The maximum Gasteiger partial charge on any atom is 0.246 e. The highest BCUT2D eigenvalue weighted by atomic mass is 16.5. The molecule has 0 radical (unpaired) electrons. The van der Waals surface area contributed by atoms with Crippen molar-refractivity contribution in [1.82, 2.24) is 9.80 Å². The number of ether oxygens (including phenoxy) is 1. The van der Waals surface area contributed by atoms with E-state index in [4.69, 9.17) is 9.15 Å². The third-order valence-electron chi connectivity index (χ3n) is 5.07. The fraction of sp³-hybridized carbons (Fsp3) is 0.261. The van der Waals surface area contributed by atoms with E-state index >= 15 is 0 Å². The molecule has 2 aromatic carbocycles. The lowest BCUT2D eigenvalue weighted by atomic mass is 10.2. The molecule has 0 saturated carbocycles. The van der Waals surface area contributed by atoms with E-state index in [1.165, 1.54) is 5.56 Å². The number of furan rings is 1. The summed E-state index contributed by atoms with van der Waals surface area (Å²) in [6, 6.07) is 18.1.